The number of aryl methyl sites for hydroxylation is 1. The second kappa shape index (κ2) is 2.09. The Kier molecular flexibility index (Phi) is 1.52. The zero-order chi connectivity index (χ0) is 7.78. The fraction of sp³-hybridized carbons (Fsp3) is 0.571. The molecule has 0 atom stereocenters. The second-order valence-corrected chi connectivity index (χ2v) is 3.02. The van der Waals surface area contributed by atoms with Crippen molar-refractivity contribution in [2.45, 2.75) is 26.3 Å². The van der Waals surface area contributed by atoms with Crippen molar-refractivity contribution in [1.82, 2.24) is 5.16 Å². The summed E-state index contributed by atoms with van der Waals surface area (Å²) >= 11 is 0. The Balaban J connectivity index is 3.05. The molecule has 1 rings (SSSR count). The molecule has 0 saturated carbocycles. The summed E-state index contributed by atoms with van der Waals surface area (Å²) in [7, 11) is 0. The first kappa shape index (κ1) is 7.28. The Hall–Kier alpha value is -0.830. The van der Waals surface area contributed by atoms with E-state index in [0.717, 1.165) is 11.3 Å². The lowest BCUT2D eigenvalue weighted by atomic mass is 9.97. The van der Waals surface area contributed by atoms with Crippen molar-refractivity contribution in [3.05, 3.63) is 17.5 Å². The molecular weight excluding hydrogens is 128 g/mol. The van der Waals surface area contributed by atoms with Gasteiger partial charge in [-0.05, 0) is 20.8 Å². The number of nitrogens with zero attached hydrogens (tertiary/aromatic N) is 1. The molecule has 0 saturated heterocycles. The van der Waals surface area contributed by atoms with Crippen LogP contribution in [0.1, 0.15) is 25.2 Å². The highest BCUT2D eigenvalue weighted by atomic mass is 16.5. The van der Waals surface area contributed by atoms with Crippen LogP contribution in [0.3, 0.4) is 0 Å². The summed E-state index contributed by atoms with van der Waals surface area (Å²) < 4.78 is 4.86. The molecular formula is C7H12N2O. The van der Waals surface area contributed by atoms with Gasteiger partial charge in [0.05, 0.1) is 6.20 Å². The summed E-state index contributed by atoms with van der Waals surface area (Å²) in [6, 6.07) is 0. The molecule has 1 heterocycles. The van der Waals surface area contributed by atoms with Crippen LogP contribution >= 0.6 is 0 Å². The van der Waals surface area contributed by atoms with Gasteiger partial charge in [-0.3, -0.25) is 0 Å². The third-order valence-corrected chi connectivity index (χ3v) is 1.44. The Morgan fingerprint density at radius 3 is 2.40 bits per heavy atom. The van der Waals surface area contributed by atoms with Crippen LogP contribution in [-0.4, -0.2) is 5.16 Å². The van der Waals surface area contributed by atoms with Gasteiger partial charge in [-0.2, -0.15) is 0 Å². The minimum absolute atomic E-state index is 0.343. The molecule has 10 heavy (non-hydrogen) atoms. The molecule has 0 bridgehead atoms. The van der Waals surface area contributed by atoms with Gasteiger partial charge in [-0.25, -0.2) is 0 Å². The largest absolute Gasteiger partial charge is 0.361 e. The summed E-state index contributed by atoms with van der Waals surface area (Å²) in [4.78, 5) is 0. The van der Waals surface area contributed by atoms with Gasteiger partial charge >= 0.3 is 0 Å². The molecule has 1 aromatic rings. The molecule has 2 N–H and O–H groups in total. The summed E-state index contributed by atoms with van der Waals surface area (Å²) in [6.45, 7) is 5.70. The van der Waals surface area contributed by atoms with Crippen molar-refractivity contribution in [2.75, 3.05) is 0 Å². The van der Waals surface area contributed by atoms with E-state index in [0.29, 0.717) is 0 Å². The van der Waals surface area contributed by atoms with Crippen LogP contribution in [0.2, 0.25) is 0 Å². The lowest BCUT2D eigenvalue weighted by Crippen LogP contribution is -2.28. The maximum Gasteiger partial charge on any atom is 0.138 e. The zero-order valence-electron chi connectivity index (χ0n) is 6.51. The molecule has 0 radical (unpaired) electrons. The van der Waals surface area contributed by atoms with Crippen molar-refractivity contribution in [2.24, 2.45) is 5.73 Å². The number of rotatable bonds is 1. The number of nitrogens with two attached hydrogens (primary N) is 1. The lowest BCUT2D eigenvalue weighted by Gasteiger charge is -2.15. The molecule has 0 aliphatic carbocycles. The summed E-state index contributed by atoms with van der Waals surface area (Å²) in [5.74, 6) is 0.799. The molecule has 0 amide bonds. The highest BCUT2D eigenvalue weighted by Crippen LogP contribution is 2.19. The number of hydrogen-bond donors (Lipinski definition) is 1. The van der Waals surface area contributed by atoms with Gasteiger partial charge in [0.25, 0.3) is 0 Å². The Labute approximate surface area is 60.2 Å². The smallest absolute Gasteiger partial charge is 0.138 e. The third-order valence-electron chi connectivity index (χ3n) is 1.44. The third kappa shape index (κ3) is 1.19. The van der Waals surface area contributed by atoms with Crippen molar-refractivity contribution < 1.29 is 4.52 Å². The molecule has 0 unspecified atom stereocenters. The van der Waals surface area contributed by atoms with E-state index in [-0.39, 0.29) is 5.54 Å². The van der Waals surface area contributed by atoms with E-state index in [1.54, 1.807) is 6.20 Å². The molecule has 0 aromatic carbocycles. The van der Waals surface area contributed by atoms with E-state index >= 15 is 0 Å². The molecule has 0 aliphatic rings. The predicted octanol–water partition coefficient (Wildman–Crippen LogP) is 1.18. The highest BCUT2D eigenvalue weighted by Gasteiger charge is 2.19. The quantitative estimate of drug-likeness (QED) is 0.637. The molecule has 0 aliphatic heterocycles. The minimum Gasteiger partial charge on any atom is -0.361 e. The van der Waals surface area contributed by atoms with Crippen molar-refractivity contribution in [3.8, 4) is 0 Å². The lowest BCUT2D eigenvalue weighted by molar-refractivity contribution is 0.392. The first-order valence-corrected chi connectivity index (χ1v) is 3.22. The van der Waals surface area contributed by atoms with Gasteiger partial charge in [0.2, 0.25) is 0 Å². The molecule has 3 nitrogen and oxygen atoms in total. The van der Waals surface area contributed by atoms with Crippen LogP contribution in [0.15, 0.2) is 10.7 Å². The van der Waals surface area contributed by atoms with Crippen LogP contribution in [-0.2, 0) is 5.54 Å². The molecule has 56 valence electrons. The van der Waals surface area contributed by atoms with Gasteiger partial charge in [-0.1, -0.05) is 5.16 Å². The normalized spacial score (nSPS) is 12.0. The highest BCUT2D eigenvalue weighted by molar-refractivity contribution is 5.20. The van der Waals surface area contributed by atoms with Crippen LogP contribution < -0.4 is 5.73 Å². The summed E-state index contributed by atoms with van der Waals surface area (Å²) in [5.41, 5.74) is 6.42. The van der Waals surface area contributed by atoms with Crippen LogP contribution in [0, 0.1) is 6.92 Å². The van der Waals surface area contributed by atoms with E-state index in [4.69, 9.17) is 10.3 Å². The Bertz CT molecular complexity index is 222. The predicted molar refractivity (Wildman–Crippen MR) is 38.5 cm³/mol. The van der Waals surface area contributed by atoms with Gasteiger partial charge < -0.3 is 10.3 Å². The molecule has 3 heteroatoms. The second-order valence-electron chi connectivity index (χ2n) is 3.02. The van der Waals surface area contributed by atoms with Gasteiger partial charge in [0.1, 0.15) is 5.76 Å². The van der Waals surface area contributed by atoms with Crippen molar-refractivity contribution in [3.63, 3.8) is 0 Å². The van der Waals surface area contributed by atoms with Crippen LogP contribution in [0.25, 0.3) is 0 Å². The maximum absolute atomic E-state index is 5.80. The molecule has 0 fully saturated rings. The average Bonchev–Trinajstić information content (AvgIpc) is 2.11. The number of aromatic nitrogens is 1. The fourth-order valence-electron chi connectivity index (χ4n) is 0.918. The Morgan fingerprint density at radius 2 is 2.20 bits per heavy atom. The van der Waals surface area contributed by atoms with Gasteiger partial charge in [-0.15, -0.1) is 0 Å². The minimum atomic E-state index is -0.343. The van der Waals surface area contributed by atoms with E-state index in [2.05, 4.69) is 5.16 Å². The molecule has 0 spiro atoms. The van der Waals surface area contributed by atoms with Crippen molar-refractivity contribution >= 4 is 0 Å². The Morgan fingerprint density at radius 1 is 1.60 bits per heavy atom. The standard InChI is InChI=1S/C7H12N2O/c1-5-6(4-9-10-5)7(2,3)8/h4H,8H2,1-3H3. The first-order valence-electron chi connectivity index (χ1n) is 3.22. The summed E-state index contributed by atoms with van der Waals surface area (Å²) in [6.07, 6.45) is 1.66. The van der Waals surface area contributed by atoms with E-state index < -0.39 is 0 Å². The number of hydrogen-bond acceptors (Lipinski definition) is 3. The zero-order valence-corrected chi connectivity index (χ0v) is 6.51. The van der Waals surface area contributed by atoms with E-state index in [1.807, 2.05) is 20.8 Å². The SMILES string of the molecule is Cc1oncc1C(C)(C)N. The van der Waals surface area contributed by atoms with Crippen LogP contribution in [0.4, 0.5) is 0 Å². The maximum atomic E-state index is 5.80. The van der Waals surface area contributed by atoms with E-state index in [9.17, 15) is 0 Å². The average molecular weight is 140 g/mol. The molecule has 1 aromatic heterocycles. The van der Waals surface area contributed by atoms with Crippen molar-refractivity contribution in [1.29, 1.82) is 0 Å². The van der Waals surface area contributed by atoms with Gasteiger partial charge in [0, 0.05) is 11.1 Å². The fourth-order valence-corrected chi connectivity index (χ4v) is 0.918. The first-order chi connectivity index (χ1) is 4.52. The van der Waals surface area contributed by atoms with E-state index in [1.165, 1.54) is 0 Å². The topological polar surface area (TPSA) is 52.0 Å². The summed E-state index contributed by atoms with van der Waals surface area (Å²) in [5, 5.41) is 3.63. The monoisotopic (exact) mass is 140 g/mol. The van der Waals surface area contributed by atoms with Crippen LogP contribution in [0.5, 0.6) is 0 Å². The van der Waals surface area contributed by atoms with Gasteiger partial charge in [0.15, 0.2) is 0 Å².